The molecule has 170 valence electrons. The highest BCUT2D eigenvalue weighted by atomic mass is 32.1. The van der Waals surface area contributed by atoms with Crippen molar-refractivity contribution >= 4 is 32.6 Å². The summed E-state index contributed by atoms with van der Waals surface area (Å²) in [4.78, 5) is 20.4. The van der Waals surface area contributed by atoms with E-state index in [1.807, 2.05) is 44.2 Å². The van der Waals surface area contributed by atoms with Gasteiger partial charge in [-0.15, -0.1) is 0 Å². The molecule has 1 heterocycles. The van der Waals surface area contributed by atoms with E-state index in [2.05, 4.69) is 26.0 Å². The molecule has 0 bridgehead atoms. The normalized spacial score (nSPS) is 10.9. The third-order valence-corrected chi connectivity index (χ3v) is 6.29. The Bertz CT molecular complexity index is 1270. The predicted octanol–water partition coefficient (Wildman–Crippen LogP) is 6.56. The summed E-state index contributed by atoms with van der Waals surface area (Å²) in [5.41, 5.74) is 4.80. The molecule has 0 spiro atoms. The van der Waals surface area contributed by atoms with Gasteiger partial charge in [-0.3, -0.25) is 9.69 Å². The van der Waals surface area contributed by atoms with Crippen molar-refractivity contribution in [1.82, 2.24) is 4.98 Å². The maximum Gasteiger partial charge on any atom is 0.260 e. The summed E-state index contributed by atoms with van der Waals surface area (Å²) in [6.45, 7) is 9.41. The number of anilines is 1. The zero-order chi connectivity index (χ0) is 23.4. The van der Waals surface area contributed by atoms with Gasteiger partial charge in [-0.2, -0.15) is 0 Å². The van der Waals surface area contributed by atoms with Crippen LogP contribution in [0.3, 0.4) is 0 Å². The lowest BCUT2D eigenvalue weighted by atomic mass is 10.1. The van der Waals surface area contributed by atoms with Crippen LogP contribution < -0.4 is 14.4 Å². The number of benzene rings is 3. The van der Waals surface area contributed by atoms with Crippen LogP contribution in [0.15, 0.2) is 60.7 Å². The number of carbonyl (C=O) groups excluding carboxylic acids is 1. The second-order valence-electron chi connectivity index (χ2n) is 7.83. The number of amides is 1. The molecule has 33 heavy (non-hydrogen) atoms. The Balaban J connectivity index is 1.77. The molecule has 0 aliphatic heterocycles. The first-order valence-corrected chi connectivity index (χ1v) is 11.9. The molecule has 0 saturated carbocycles. The maximum absolute atomic E-state index is 13.8. The lowest BCUT2D eigenvalue weighted by molar-refractivity contribution is 0.0984. The number of fused-ring (bicyclic) bond motifs is 1. The average molecular weight is 461 g/mol. The van der Waals surface area contributed by atoms with Crippen LogP contribution >= 0.6 is 11.3 Å². The van der Waals surface area contributed by atoms with Crippen molar-refractivity contribution in [3.63, 3.8) is 0 Å². The van der Waals surface area contributed by atoms with Crippen LogP contribution in [0, 0.1) is 13.8 Å². The van der Waals surface area contributed by atoms with Crippen molar-refractivity contribution in [3.05, 3.63) is 82.9 Å². The molecule has 4 aromatic rings. The lowest BCUT2D eigenvalue weighted by Gasteiger charge is -2.21. The van der Waals surface area contributed by atoms with Crippen molar-refractivity contribution in [2.24, 2.45) is 0 Å². The molecule has 4 rings (SSSR count). The first kappa shape index (κ1) is 22.8. The molecule has 6 heteroatoms. The quantitative estimate of drug-likeness (QED) is 0.299. The number of carbonyl (C=O) groups is 1. The van der Waals surface area contributed by atoms with Gasteiger partial charge in [0.2, 0.25) is 0 Å². The van der Waals surface area contributed by atoms with E-state index in [0.29, 0.717) is 42.0 Å². The third-order valence-electron chi connectivity index (χ3n) is 5.27. The number of thiazole rings is 1. The van der Waals surface area contributed by atoms with E-state index in [0.717, 1.165) is 21.3 Å². The Hall–Kier alpha value is -3.38. The fourth-order valence-electron chi connectivity index (χ4n) is 3.81. The van der Waals surface area contributed by atoms with Crippen LogP contribution in [0.4, 0.5) is 5.13 Å². The van der Waals surface area contributed by atoms with E-state index in [9.17, 15) is 4.79 Å². The highest BCUT2D eigenvalue weighted by molar-refractivity contribution is 7.22. The van der Waals surface area contributed by atoms with Crippen molar-refractivity contribution < 1.29 is 14.3 Å². The minimum atomic E-state index is -0.128. The molecule has 1 amide bonds. The van der Waals surface area contributed by atoms with Crippen LogP contribution in [0.1, 0.15) is 40.9 Å². The Labute approximate surface area is 198 Å². The van der Waals surface area contributed by atoms with Gasteiger partial charge in [-0.25, -0.2) is 4.98 Å². The van der Waals surface area contributed by atoms with E-state index in [1.54, 1.807) is 23.1 Å². The number of hydrogen-bond donors (Lipinski definition) is 0. The minimum Gasteiger partial charge on any atom is -0.490 e. The van der Waals surface area contributed by atoms with Gasteiger partial charge in [0.25, 0.3) is 5.91 Å². The summed E-state index contributed by atoms with van der Waals surface area (Å²) in [7, 11) is 0. The van der Waals surface area contributed by atoms with Gasteiger partial charge in [0, 0.05) is 5.56 Å². The zero-order valence-electron chi connectivity index (χ0n) is 19.4. The van der Waals surface area contributed by atoms with Crippen molar-refractivity contribution in [3.8, 4) is 11.5 Å². The van der Waals surface area contributed by atoms with Gasteiger partial charge in [-0.05, 0) is 68.7 Å². The molecule has 0 radical (unpaired) electrons. The van der Waals surface area contributed by atoms with Gasteiger partial charge >= 0.3 is 0 Å². The molecule has 0 aliphatic rings. The molecule has 0 N–H and O–H groups in total. The lowest BCUT2D eigenvalue weighted by Crippen LogP contribution is -2.30. The van der Waals surface area contributed by atoms with Crippen LogP contribution in [0.5, 0.6) is 11.5 Å². The first-order chi connectivity index (χ1) is 16.0. The van der Waals surface area contributed by atoms with Crippen molar-refractivity contribution in [2.75, 3.05) is 18.1 Å². The number of hydrogen-bond acceptors (Lipinski definition) is 5. The molecule has 5 nitrogen and oxygen atoms in total. The smallest absolute Gasteiger partial charge is 0.260 e. The monoisotopic (exact) mass is 460 g/mol. The zero-order valence-corrected chi connectivity index (χ0v) is 20.2. The number of aryl methyl sites for hydroxylation is 2. The van der Waals surface area contributed by atoms with Crippen LogP contribution in [-0.2, 0) is 6.54 Å². The van der Waals surface area contributed by atoms with E-state index in [4.69, 9.17) is 14.5 Å². The van der Waals surface area contributed by atoms with Gasteiger partial charge in [-0.1, -0.05) is 47.7 Å². The highest BCUT2D eigenvalue weighted by Crippen LogP contribution is 2.34. The van der Waals surface area contributed by atoms with Crippen LogP contribution in [-0.4, -0.2) is 24.1 Å². The molecule has 3 aromatic carbocycles. The molecular weight excluding hydrogens is 432 g/mol. The summed E-state index contributed by atoms with van der Waals surface area (Å²) in [6.07, 6.45) is 0. The summed E-state index contributed by atoms with van der Waals surface area (Å²) in [5.74, 6) is 1.08. The second-order valence-corrected chi connectivity index (χ2v) is 8.84. The average Bonchev–Trinajstić information content (AvgIpc) is 3.23. The number of aromatic nitrogens is 1. The van der Waals surface area contributed by atoms with Crippen molar-refractivity contribution in [1.29, 1.82) is 0 Å². The molecule has 0 unspecified atom stereocenters. The Morgan fingerprint density at radius 2 is 1.67 bits per heavy atom. The van der Waals surface area contributed by atoms with Gasteiger partial charge in [0.1, 0.15) is 0 Å². The van der Waals surface area contributed by atoms with E-state index < -0.39 is 0 Å². The Kier molecular flexibility index (Phi) is 6.94. The summed E-state index contributed by atoms with van der Waals surface area (Å²) in [6, 6.07) is 19.6. The van der Waals surface area contributed by atoms with Crippen LogP contribution in [0.2, 0.25) is 0 Å². The maximum atomic E-state index is 13.8. The van der Waals surface area contributed by atoms with E-state index >= 15 is 0 Å². The topological polar surface area (TPSA) is 51.7 Å². The first-order valence-electron chi connectivity index (χ1n) is 11.1. The summed E-state index contributed by atoms with van der Waals surface area (Å²) in [5, 5.41) is 0.680. The number of nitrogens with zero attached hydrogens (tertiary/aromatic N) is 2. The molecular formula is C27H28N2O3S. The van der Waals surface area contributed by atoms with E-state index in [-0.39, 0.29) is 5.91 Å². The predicted molar refractivity (Wildman–Crippen MR) is 135 cm³/mol. The second kappa shape index (κ2) is 10.0. The van der Waals surface area contributed by atoms with Gasteiger partial charge < -0.3 is 9.47 Å². The highest BCUT2D eigenvalue weighted by Gasteiger charge is 2.23. The molecule has 0 atom stereocenters. The third kappa shape index (κ3) is 5.01. The SMILES string of the molecule is CCOc1ccc(C(=O)N(Cc2ccccc2)c2nc3c(C)cc(C)cc3s2)cc1OCC. The molecule has 0 aliphatic carbocycles. The Morgan fingerprint density at radius 1 is 0.939 bits per heavy atom. The number of rotatable bonds is 8. The van der Waals surface area contributed by atoms with E-state index in [1.165, 1.54) is 16.9 Å². The minimum absolute atomic E-state index is 0.128. The largest absolute Gasteiger partial charge is 0.490 e. The van der Waals surface area contributed by atoms with Crippen molar-refractivity contribution in [2.45, 2.75) is 34.2 Å². The fraction of sp³-hybridized carbons (Fsp3) is 0.259. The fourth-order valence-corrected chi connectivity index (χ4v) is 4.95. The molecule has 0 saturated heterocycles. The standard InChI is InChI=1S/C27H28N2O3S/c1-5-31-22-13-12-21(16-23(22)32-6-2)26(30)29(17-20-10-8-7-9-11-20)27-28-25-19(4)14-18(3)15-24(25)33-27/h7-16H,5-6,17H2,1-4H3. The van der Waals surface area contributed by atoms with Gasteiger partial charge in [0.05, 0.1) is 30.0 Å². The number of ether oxygens (including phenoxy) is 2. The van der Waals surface area contributed by atoms with Gasteiger partial charge in [0.15, 0.2) is 16.6 Å². The summed E-state index contributed by atoms with van der Waals surface area (Å²) < 4.78 is 12.5. The summed E-state index contributed by atoms with van der Waals surface area (Å²) >= 11 is 1.54. The molecule has 1 aromatic heterocycles. The van der Waals surface area contributed by atoms with Crippen LogP contribution in [0.25, 0.3) is 10.2 Å². The molecule has 0 fully saturated rings. The Morgan fingerprint density at radius 3 is 2.39 bits per heavy atom.